The zero-order chi connectivity index (χ0) is 27.9. The van der Waals surface area contributed by atoms with Crippen molar-refractivity contribution in [2.45, 2.75) is 70.9 Å². The van der Waals surface area contributed by atoms with Crippen LogP contribution in [0.25, 0.3) is 10.9 Å². The van der Waals surface area contributed by atoms with Crippen LogP contribution < -0.4 is 10.2 Å². The first-order valence-electron chi connectivity index (χ1n) is 14.3. The summed E-state index contributed by atoms with van der Waals surface area (Å²) < 4.78 is 7.44. The molecule has 3 aliphatic heterocycles. The first-order valence-corrected chi connectivity index (χ1v) is 14.3. The van der Waals surface area contributed by atoms with Crippen molar-refractivity contribution in [3.63, 3.8) is 0 Å². The molecule has 1 N–H and O–H groups in total. The van der Waals surface area contributed by atoms with Gasteiger partial charge in [0.05, 0.1) is 22.8 Å². The molecule has 3 amide bonds. The number of hydrogen-bond acceptors (Lipinski definition) is 7. The number of fused-ring (bicyclic) bond motifs is 1. The molecule has 1 aromatic heterocycles. The second kappa shape index (κ2) is 10.8. The minimum Gasteiger partial charge on any atom is -0.444 e. The summed E-state index contributed by atoms with van der Waals surface area (Å²) in [6.07, 6.45) is 2.64. The van der Waals surface area contributed by atoms with Crippen LogP contribution in [0.15, 0.2) is 18.2 Å². The normalized spacial score (nSPS) is 23.8. The molecule has 1 unspecified atom stereocenters. The molecule has 0 saturated carbocycles. The van der Waals surface area contributed by atoms with E-state index in [9.17, 15) is 14.4 Å². The van der Waals surface area contributed by atoms with E-state index < -0.39 is 11.5 Å². The van der Waals surface area contributed by atoms with Gasteiger partial charge in [-0.2, -0.15) is 5.10 Å². The summed E-state index contributed by atoms with van der Waals surface area (Å²) in [5.74, 6) is -0.290. The standard InChI is InChI=1S/C29H42N6O4/c1-19-17-35(16-15-34(19)18-20-11-13-33(14-12-20)28(38)39-29(2,3)4)23-8-6-7-21-25(31-32(5)26(21)23)22-9-10-24(36)30-27(22)37/h6-8,19-20,22H,9-18H2,1-5H3,(H,30,36,37)/t19-,22?/m0/s1. The Morgan fingerprint density at radius 3 is 2.51 bits per heavy atom. The summed E-state index contributed by atoms with van der Waals surface area (Å²) in [6, 6.07) is 6.62. The number of hydrogen-bond donors (Lipinski definition) is 1. The molecule has 1 aromatic carbocycles. The van der Waals surface area contributed by atoms with E-state index in [2.05, 4.69) is 28.1 Å². The SMILES string of the molecule is C[C@H]1CN(c2cccc3c(C4CCC(=O)NC4=O)nn(C)c23)CCN1CC1CCN(C(=O)OC(C)(C)C)CC1. The number of anilines is 1. The highest BCUT2D eigenvalue weighted by atomic mass is 16.6. The van der Waals surface area contributed by atoms with Crippen LogP contribution in [0.4, 0.5) is 10.5 Å². The maximum Gasteiger partial charge on any atom is 0.410 e. The molecule has 2 aromatic rings. The first-order chi connectivity index (χ1) is 18.5. The van der Waals surface area contributed by atoms with E-state index in [4.69, 9.17) is 9.84 Å². The van der Waals surface area contributed by atoms with Crippen LogP contribution >= 0.6 is 0 Å². The van der Waals surface area contributed by atoms with E-state index in [-0.39, 0.29) is 17.9 Å². The lowest BCUT2D eigenvalue weighted by Crippen LogP contribution is -2.54. The van der Waals surface area contributed by atoms with Crippen molar-refractivity contribution < 1.29 is 19.1 Å². The predicted octanol–water partition coefficient (Wildman–Crippen LogP) is 3.25. The second-order valence-corrected chi connectivity index (χ2v) is 12.4. The Bertz CT molecular complexity index is 1240. The van der Waals surface area contributed by atoms with E-state index in [1.165, 1.54) is 0 Å². The van der Waals surface area contributed by atoms with Gasteiger partial charge in [-0.05, 0) is 58.9 Å². The molecule has 10 nitrogen and oxygen atoms in total. The monoisotopic (exact) mass is 538 g/mol. The summed E-state index contributed by atoms with van der Waals surface area (Å²) in [5.41, 5.74) is 2.46. The van der Waals surface area contributed by atoms with E-state index >= 15 is 0 Å². The lowest BCUT2D eigenvalue weighted by atomic mass is 9.92. The molecule has 4 heterocycles. The second-order valence-electron chi connectivity index (χ2n) is 12.4. The molecule has 212 valence electrons. The first kappa shape index (κ1) is 27.4. The Morgan fingerprint density at radius 1 is 1.10 bits per heavy atom. The van der Waals surface area contributed by atoms with Crippen molar-refractivity contribution in [3.05, 3.63) is 23.9 Å². The number of piperazine rings is 1. The Hall–Kier alpha value is -3.14. The molecule has 2 atom stereocenters. The zero-order valence-corrected chi connectivity index (χ0v) is 23.9. The van der Waals surface area contributed by atoms with Gasteiger partial charge in [0.1, 0.15) is 5.60 Å². The van der Waals surface area contributed by atoms with Gasteiger partial charge in [0.25, 0.3) is 0 Å². The van der Waals surface area contributed by atoms with E-state index in [0.29, 0.717) is 24.8 Å². The highest BCUT2D eigenvalue weighted by Gasteiger charge is 2.34. The van der Waals surface area contributed by atoms with Crippen LogP contribution in [-0.2, 0) is 21.4 Å². The molecule has 0 bridgehead atoms. The van der Waals surface area contributed by atoms with Crippen molar-refractivity contribution in [3.8, 4) is 0 Å². The third-order valence-electron chi connectivity index (χ3n) is 8.31. The fourth-order valence-corrected chi connectivity index (χ4v) is 6.25. The van der Waals surface area contributed by atoms with Gasteiger partial charge in [-0.1, -0.05) is 12.1 Å². The molecular weight excluding hydrogens is 496 g/mol. The molecule has 3 aliphatic rings. The van der Waals surface area contributed by atoms with Crippen molar-refractivity contribution in [1.82, 2.24) is 24.9 Å². The topological polar surface area (TPSA) is 100 Å². The third-order valence-corrected chi connectivity index (χ3v) is 8.31. The van der Waals surface area contributed by atoms with Gasteiger partial charge in [-0.15, -0.1) is 0 Å². The van der Waals surface area contributed by atoms with Gasteiger partial charge < -0.3 is 14.5 Å². The number of rotatable bonds is 4. The Labute approximate surface area is 230 Å². The van der Waals surface area contributed by atoms with Crippen LogP contribution in [0.3, 0.4) is 0 Å². The largest absolute Gasteiger partial charge is 0.444 e. The number of benzene rings is 1. The summed E-state index contributed by atoms with van der Waals surface area (Å²) in [7, 11) is 1.94. The number of para-hydroxylation sites is 1. The summed E-state index contributed by atoms with van der Waals surface area (Å²) in [4.78, 5) is 43.5. The van der Waals surface area contributed by atoms with Crippen LogP contribution in [0, 0.1) is 5.92 Å². The highest BCUT2D eigenvalue weighted by Crippen LogP contribution is 2.35. The maximum atomic E-state index is 12.6. The molecule has 0 radical (unpaired) electrons. The van der Waals surface area contributed by atoms with Crippen molar-refractivity contribution in [1.29, 1.82) is 0 Å². The molecule has 3 fully saturated rings. The fourth-order valence-electron chi connectivity index (χ4n) is 6.25. The van der Waals surface area contributed by atoms with Gasteiger partial charge in [0.15, 0.2) is 0 Å². The van der Waals surface area contributed by atoms with Crippen molar-refractivity contribution in [2.24, 2.45) is 13.0 Å². The number of likely N-dealkylation sites (tertiary alicyclic amines) is 1. The van der Waals surface area contributed by atoms with Gasteiger partial charge in [-0.3, -0.25) is 24.5 Å². The fraction of sp³-hybridized carbons (Fsp3) is 0.655. The molecule has 5 rings (SSSR count). The molecule has 3 saturated heterocycles. The number of aromatic nitrogens is 2. The summed E-state index contributed by atoms with van der Waals surface area (Å²) in [5, 5.41) is 8.22. The lowest BCUT2D eigenvalue weighted by Gasteiger charge is -2.43. The van der Waals surface area contributed by atoms with Crippen LogP contribution in [0.5, 0.6) is 0 Å². The minimum atomic E-state index is -0.463. The number of carbonyl (C=O) groups excluding carboxylic acids is 3. The number of imide groups is 1. The maximum absolute atomic E-state index is 12.6. The van der Waals surface area contributed by atoms with E-state index in [0.717, 1.165) is 74.4 Å². The molecule has 39 heavy (non-hydrogen) atoms. The van der Waals surface area contributed by atoms with Crippen LogP contribution in [0.2, 0.25) is 0 Å². The number of ether oxygens (including phenoxy) is 1. The number of carbonyl (C=O) groups is 3. The summed E-state index contributed by atoms with van der Waals surface area (Å²) in [6.45, 7) is 13.4. The van der Waals surface area contributed by atoms with Gasteiger partial charge >= 0.3 is 6.09 Å². The van der Waals surface area contributed by atoms with Crippen molar-refractivity contribution in [2.75, 3.05) is 44.2 Å². The molecule has 0 aliphatic carbocycles. The van der Waals surface area contributed by atoms with Crippen molar-refractivity contribution >= 4 is 34.5 Å². The zero-order valence-electron chi connectivity index (χ0n) is 23.9. The number of nitrogens with one attached hydrogen (secondary N) is 1. The molecule has 10 heteroatoms. The van der Waals surface area contributed by atoms with Gasteiger partial charge in [0, 0.05) is 64.2 Å². The average Bonchev–Trinajstić information content (AvgIpc) is 3.21. The average molecular weight is 539 g/mol. The smallest absolute Gasteiger partial charge is 0.410 e. The number of piperidine rings is 2. The minimum absolute atomic E-state index is 0.201. The van der Waals surface area contributed by atoms with Crippen LogP contribution in [0.1, 0.15) is 65.0 Å². The van der Waals surface area contributed by atoms with E-state index in [1.807, 2.05) is 49.5 Å². The molecular formula is C29H42N6O4. The Kier molecular flexibility index (Phi) is 7.59. The highest BCUT2D eigenvalue weighted by molar-refractivity contribution is 6.03. The number of aryl methyl sites for hydroxylation is 1. The van der Waals surface area contributed by atoms with Gasteiger partial charge in [-0.25, -0.2) is 4.79 Å². The quantitative estimate of drug-likeness (QED) is 0.597. The number of nitrogens with zero attached hydrogens (tertiary/aromatic N) is 5. The predicted molar refractivity (Wildman–Crippen MR) is 150 cm³/mol. The van der Waals surface area contributed by atoms with E-state index in [1.54, 1.807) is 0 Å². The summed E-state index contributed by atoms with van der Waals surface area (Å²) >= 11 is 0. The lowest BCUT2D eigenvalue weighted by molar-refractivity contribution is -0.134. The molecule has 0 spiro atoms. The third kappa shape index (κ3) is 5.90. The number of amides is 3. The Morgan fingerprint density at radius 2 is 1.85 bits per heavy atom. The van der Waals surface area contributed by atoms with Gasteiger partial charge in [0.2, 0.25) is 11.8 Å². The Balaban J connectivity index is 1.22. The van der Waals surface area contributed by atoms with Crippen LogP contribution in [-0.4, -0.2) is 88.4 Å².